The van der Waals surface area contributed by atoms with E-state index in [4.69, 9.17) is 4.74 Å². The van der Waals surface area contributed by atoms with Crippen molar-refractivity contribution < 1.29 is 14.5 Å². The van der Waals surface area contributed by atoms with Gasteiger partial charge >= 0.3 is 5.97 Å². The molecule has 0 N–H and O–H groups in total. The number of esters is 1. The lowest BCUT2D eigenvalue weighted by atomic mass is 9.85. The Morgan fingerprint density at radius 3 is 2.52 bits per heavy atom. The van der Waals surface area contributed by atoms with E-state index in [1.165, 1.54) is 7.11 Å². The van der Waals surface area contributed by atoms with Gasteiger partial charge in [-0.15, -0.1) is 0 Å². The molecule has 0 amide bonds. The molecule has 1 aliphatic carbocycles. The van der Waals surface area contributed by atoms with E-state index in [0.717, 1.165) is 37.8 Å². The molecule has 2 rings (SSSR count). The van der Waals surface area contributed by atoms with Crippen molar-refractivity contribution in [3.05, 3.63) is 39.4 Å². The Hall–Kier alpha value is -1.95. The topological polar surface area (TPSA) is 72.7 Å². The van der Waals surface area contributed by atoms with Gasteiger partial charge in [0.1, 0.15) is 0 Å². The van der Waals surface area contributed by atoms with Crippen LogP contribution in [0, 0.1) is 23.0 Å². The SMILES string of the molecule is COC(=O)C1CCC(N(C)Cc2ccc([N+](=O)[O-])c(C)c2)CC1. The van der Waals surface area contributed by atoms with Crippen molar-refractivity contribution >= 4 is 11.7 Å². The monoisotopic (exact) mass is 320 g/mol. The third kappa shape index (κ3) is 4.28. The number of carbonyl (C=O) groups is 1. The van der Waals surface area contributed by atoms with E-state index < -0.39 is 0 Å². The molecule has 0 atom stereocenters. The predicted octanol–water partition coefficient (Wildman–Crippen LogP) is 3.07. The van der Waals surface area contributed by atoms with Gasteiger partial charge in [0.2, 0.25) is 0 Å². The van der Waals surface area contributed by atoms with Gasteiger partial charge in [-0.05, 0) is 51.3 Å². The molecule has 23 heavy (non-hydrogen) atoms. The molecule has 6 heteroatoms. The van der Waals surface area contributed by atoms with Crippen molar-refractivity contribution in [1.29, 1.82) is 0 Å². The summed E-state index contributed by atoms with van der Waals surface area (Å²) in [6.45, 7) is 2.52. The van der Waals surface area contributed by atoms with Gasteiger partial charge in [-0.1, -0.05) is 6.07 Å². The first-order chi connectivity index (χ1) is 10.9. The minimum Gasteiger partial charge on any atom is -0.469 e. The van der Waals surface area contributed by atoms with E-state index >= 15 is 0 Å². The minimum absolute atomic E-state index is 0.0336. The number of hydrogen-bond donors (Lipinski definition) is 0. The van der Waals surface area contributed by atoms with Crippen LogP contribution in [0.3, 0.4) is 0 Å². The first-order valence-electron chi connectivity index (χ1n) is 7.94. The maximum Gasteiger partial charge on any atom is 0.308 e. The molecule has 1 fully saturated rings. The Kier molecular flexibility index (Phi) is 5.71. The Labute approximate surface area is 136 Å². The summed E-state index contributed by atoms with van der Waals surface area (Å²) in [5.74, 6) is -0.0663. The third-order valence-corrected chi connectivity index (χ3v) is 4.74. The summed E-state index contributed by atoms with van der Waals surface area (Å²) >= 11 is 0. The first kappa shape index (κ1) is 17.4. The number of ether oxygens (including phenoxy) is 1. The Morgan fingerprint density at radius 1 is 1.35 bits per heavy atom. The fraction of sp³-hybridized carbons (Fsp3) is 0.588. The van der Waals surface area contributed by atoms with Crippen molar-refractivity contribution in [1.82, 2.24) is 4.90 Å². The van der Waals surface area contributed by atoms with E-state index in [1.807, 2.05) is 12.1 Å². The van der Waals surface area contributed by atoms with Crippen LogP contribution in [0.25, 0.3) is 0 Å². The summed E-state index contributed by atoms with van der Waals surface area (Å²) in [7, 11) is 3.51. The molecule has 6 nitrogen and oxygen atoms in total. The van der Waals surface area contributed by atoms with Crippen LogP contribution < -0.4 is 0 Å². The second kappa shape index (κ2) is 7.55. The van der Waals surface area contributed by atoms with Crippen molar-refractivity contribution in [3.63, 3.8) is 0 Å². The number of nitro groups is 1. The molecule has 0 spiro atoms. The molecule has 1 aliphatic rings. The van der Waals surface area contributed by atoms with Crippen molar-refractivity contribution in [2.24, 2.45) is 5.92 Å². The van der Waals surface area contributed by atoms with Crippen LogP contribution in [0.5, 0.6) is 0 Å². The van der Waals surface area contributed by atoms with E-state index in [1.54, 1.807) is 13.0 Å². The maximum absolute atomic E-state index is 11.6. The van der Waals surface area contributed by atoms with Crippen molar-refractivity contribution in [2.45, 2.75) is 45.2 Å². The number of benzene rings is 1. The van der Waals surface area contributed by atoms with E-state index in [-0.39, 0.29) is 22.5 Å². The van der Waals surface area contributed by atoms with Crippen LogP contribution in [0.4, 0.5) is 5.69 Å². The number of carbonyl (C=O) groups excluding carboxylic acids is 1. The number of rotatable bonds is 5. The second-order valence-corrected chi connectivity index (χ2v) is 6.32. The molecule has 1 saturated carbocycles. The molecular weight excluding hydrogens is 296 g/mol. The molecule has 126 valence electrons. The normalized spacial score (nSPS) is 21.2. The standard InChI is InChI=1S/C17H24N2O4/c1-12-10-13(4-9-16(12)19(21)22)11-18(2)15-7-5-14(6-8-15)17(20)23-3/h4,9-10,14-15H,5-8,11H2,1-3H3. The number of nitrogens with zero attached hydrogens (tertiary/aromatic N) is 2. The lowest BCUT2D eigenvalue weighted by Crippen LogP contribution is -2.36. The summed E-state index contributed by atoms with van der Waals surface area (Å²) in [4.78, 5) is 24.4. The van der Waals surface area contributed by atoms with E-state index in [0.29, 0.717) is 11.6 Å². The zero-order valence-corrected chi connectivity index (χ0v) is 13.9. The summed E-state index contributed by atoms with van der Waals surface area (Å²) < 4.78 is 4.82. The van der Waals surface area contributed by atoms with Crippen LogP contribution in [0.1, 0.15) is 36.8 Å². The van der Waals surface area contributed by atoms with Gasteiger partial charge in [0.15, 0.2) is 0 Å². The van der Waals surface area contributed by atoms with Crippen molar-refractivity contribution in [3.8, 4) is 0 Å². The molecule has 0 aromatic heterocycles. The van der Waals surface area contributed by atoms with Gasteiger partial charge in [0.25, 0.3) is 5.69 Å². The average Bonchev–Trinajstić information content (AvgIpc) is 2.54. The largest absolute Gasteiger partial charge is 0.469 e. The Balaban J connectivity index is 1.93. The molecule has 0 unspecified atom stereocenters. The first-order valence-corrected chi connectivity index (χ1v) is 7.94. The van der Waals surface area contributed by atoms with Gasteiger partial charge in [-0.2, -0.15) is 0 Å². The smallest absolute Gasteiger partial charge is 0.308 e. The van der Waals surface area contributed by atoms with E-state index in [9.17, 15) is 14.9 Å². The fourth-order valence-electron chi connectivity index (χ4n) is 3.36. The molecular formula is C17H24N2O4. The second-order valence-electron chi connectivity index (χ2n) is 6.32. The van der Waals surface area contributed by atoms with Gasteiger partial charge in [-0.25, -0.2) is 0 Å². The Morgan fingerprint density at radius 2 is 2.00 bits per heavy atom. The highest BCUT2D eigenvalue weighted by Crippen LogP contribution is 2.29. The van der Waals surface area contributed by atoms with Crippen molar-refractivity contribution in [2.75, 3.05) is 14.2 Å². The summed E-state index contributed by atoms with van der Waals surface area (Å²) in [6.07, 6.45) is 3.67. The number of aryl methyl sites for hydroxylation is 1. The van der Waals surface area contributed by atoms with Gasteiger partial charge in [0.05, 0.1) is 18.0 Å². The van der Waals surface area contributed by atoms with Gasteiger partial charge < -0.3 is 4.74 Å². The summed E-state index contributed by atoms with van der Waals surface area (Å²) in [6, 6.07) is 5.72. The third-order valence-electron chi connectivity index (χ3n) is 4.74. The number of hydrogen-bond acceptors (Lipinski definition) is 5. The molecule has 1 aromatic carbocycles. The average molecular weight is 320 g/mol. The maximum atomic E-state index is 11.6. The zero-order chi connectivity index (χ0) is 17.0. The van der Waals surface area contributed by atoms with Crippen LogP contribution in [-0.2, 0) is 16.1 Å². The van der Waals surface area contributed by atoms with Crippen LogP contribution in [0.2, 0.25) is 0 Å². The molecule has 0 bridgehead atoms. The zero-order valence-electron chi connectivity index (χ0n) is 13.9. The van der Waals surface area contributed by atoms with Crippen LogP contribution in [-0.4, -0.2) is 36.0 Å². The quantitative estimate of drug-likeness (QED) is 0.473. The lowest BCUT2D eigenvalue weighted by Gasteiger charge is -2.33. The highest BCUT2D eigenvalue weighted by Gasteiger charge is 2.28. The summed E-state index contributed by atoms with van der Waals surface area (Å²) in [5, 5.41) is 10.9. The lowest BCUT2D eigenvalue weighted by molar-refractivity contribution is -0.385. The predicted molar refractivity (Wildman–Crippen MR) is 87.1 cm³/mol. The van der Waals surface area contributed by atoms with Crippen LogP contribution >= 0.6 is 0 Å². The van der Waals surface area contributed by atoms with Gasteiger partial charge in [0, 0.05) is 24.2 Å². The number of nitro benzene ring substituents is 1. The van der Waals surface area contributed by atoms with Crippen LogP contribution in [0.15, 0.2) is 18.2 Å². The minimum atomic E-state index is -0.350. The summed E-state index contributed by atoms with van der Waals surface area (Å²) in [5.41, 5.74) is 1.93. The fourth-order valence-corrected chi connectivity index (χ4v) is 3.36. The molecule has 1 aromatic rings. The van der Waals surface area contributed by atoms with E-state index in [2.05, 4.69) is 11.9 Å². The Bertz CT molecular complexity index is 580. The molecule has 0 aliphatic heterocycles. The molecule has 0 radical (unpaired) electrons. The highest BCUT2D eigenvalue weighted by molar-refractivity contribution is 5.72. The van der Waals surface area contributed by atoms with Gasteiger partial charge in [-0.3, -0.25) is 19.8 Å². The number of methoxy groups -OCH3 is 1. The molecule has 0 heterocycles. The molecule has 0 saturated heterocycles. The highest BCUT2D eigenvalue weighted by atomic mass is 16.6.